The molecule has 3 atom stereocenters. The number of aromatic nitrogens is 4. The maximum absolute atomic E-state index is 14.2. The molecule has 32 heavy (non-hydrogen) atoms. The maximum atomic E-state index is 14.2. The number of alkyl halides is 3. The van der Waals surface area contributed by atoms with Crippen LogP contribution in [0.5, 0.6) is 5.88 Å². The molecule has 0 spiro atoms. The Bertz CT molecular complexity index is 1150. The Morgan fingerprint density at radius 1 is 1.12 bits per heavy atom. The van der Waals surface area contributed by atoms with Crippen LogP contribution in [0.3, 0.4) is 0 Å². The maximum Gasteiger partial charge on any atom is 0.417 e. The minimum absolute atomic E-state index is 0.154. The molecule has 2 aromatic heterocycles. The number of hydrogen-bond acceptors (Lipinski definition) is 5. The molecule has 0 radical (unpaired) electrons. The summed E-state index contributed by atoms with van der Waals surface area (Å²) in [6.45, 7) is 0.521. The molecule has 1 saturated carbocycles. The average molecular weight is 447 g/mol. The van der Waals surface area contributed by atoms with Gasteiger partial charge in [0.2, 0.25) is 0 Å². The van der Waals surface area contributed by atoms with Gasteiger partial charge in [-0.25, -0.2) is 9.37 Å². The molecule has 1 amide bonds. The molecule has 1 aliphatic carbocycles. The van der Waals surface area contributed by atoms with E-state index in [1.807, 2.05) is 0 Å². The SMILES string of the molecule is O=C(c1ccccc1-n1nccn1)N1C[C@H]2C[C@@H](Oc3ncc(C(F)(F)F)cc3F)[C@@H]1C2. The van der Waals surface area contributed by atoms with Crippen LogP contribution in [0, 0.1) is 11.7 Å². The van der Waals surface area contributed by atoms with Gasteiger partial charge < -0.3 is 9.64 Å². The summed E-state index contributed by atoms with van der Waals surface area (Å²) in [6, 6.07) is 6.96. The van der Waals surface area contributed by atoms with Crippen molar-refractivity contribution in [2.75, 3.05) is 6.54 Å². The Labute approximate surface area is 179 Å². The first kappa shape index (κ1) is 20.4. The number of carbonyl (C=O) groups is 1. The summed E-state index contributed by atoms with van der Waals surface area (Å²) in [5.41, 5.74) is -0.247. The Hall–Kier alpha value is -3.50. The van der Waals surface area contributed by atoms with Crippen LogP contribution < -0.4 is 4.74 Å². The third-order valence-corrected chi connectivity index (χ3v) is 5.85. The third kappa shape index (κ3) is 3.57. The number of rotatable bonds is 4. The predicted molar refractivity (Wildman–Crippen MR) is 103 cm³/mol. The highest BCUT2D eigenvalue weighted by Crippen LogP contribution is 2.41. The molecule has 1 saturated heterocycles. The van der Waals surface area contributed by atoms with E-state index in [1.165, 1.54) is 17.2 Å². The molecular weight excluding hydrogens is 430 g/mol. The van der Waals surface area contributed by atoms with Gasteiger partial charge in [-0.1, -0.05) is 12.1 Å². The molecule has 1 aliphatic heterocycles. The largest absolute Gasteiger partial charge is 0.470 e. The van der Waals surface area contributed by atoms with Gasteiger partial charge in [0.1, 0.15) is 6.10 Å². The number of nitrogens with zero attached hydrogens (tertiary/aromatic N) is 5. The average Bonchev–Trinajstić information content (AvgIpc) is 3.51. The number of fused-ring (bicyclic) bond motifs is 2. The lowest BCUT2D eigenvalue weighted by Gasteiger charge is -2.33. The molecule has 166 valence electrons. The van der Waals surface area contributed by atoms with Crippen molar-refractivity contribution in [3.63, 3.8) is 0 Å². The van der Waals surface area contributed by atoms with Crippen molar-refractivity contribution in [3.8, 4) is 11.6 Å². The molecule has 2 bridgehead atoms. The number of benzene rings is 1. The molecule has 2 aliphatic rings. The van der Waals surface area contributed by atoms with E-state index >= 15 is 0 Å². The number of halogens is 4. The highest BCUT2D eigenvalue weighted by molar-refractivity contribution is 5.98. The van der Waals surface area contributed by atoms with Crippen molar-refractivity contribution in [3.05, 3.63) is 65.9 Å². The molecule has 3 heterocycles. The molecule has 1 aromatic carbocycles. The van der Waals surface area contributed by atoms with Gasteiger partial charge in [-0.15, -0.1) is 0 Å². The van der Waals surface area contributed by atoms with Gasteiger partial charge in [-0.05, 0) is 37.0 Å². The number of carbonyl (C=O) groups excluding carboxylic acids is 1. The Balaban J connectivity index is 1.37. The second-order valence-electron chi connectivity index (χ2n) is 7.86. The lowest BCUT2D eigenvalue weighted by atomic mass is 10.1. The summed E-state index contributed by atoms with van der Waals surface area (Å²) in [6.07, 6.45) is -0.463. The number of likely N-dealkylation sites (tertiary alicyclic amines) is 1. The van der Waals surface area contributed by atoms with Crippen molar-refractivity contribution in [1.29, 1.82) is 0 Å². The molecular formula is C21H17F4N5O2. The number of hydrogen-bond donors (Lipinski definition) is 0. The van der Waals surface area contributed by atoms with E-state index < -0.39 is 29.5 Å². The van der Waals surface area contributed by atoms with E-state index in [2.05, 4.69) is 15.2 Å². The van der Waals surface area contributed by atoms with Crippen molar-refractivity contribution < 1.29 is 27.1 Å². The van der Waals surface area contributed by atoms with E-state index in [9.17, 15) is 22.4 Å². The van der Waals surface area contributed by atoms with Crippen LogP contribution in [0.1, 0.15) is 28.8 Å². The van der Waals surface area contributed by atoms with Crippen LogP contribution >= 0.6 is 0 Å². The van der Waals surface area contributed by atoms with Crippen LogP contribution in [0.25, 0.3) is 5.69 Å². The zero-order valence-corrected chi connectivity index (χ0v) is 16.5. The third-order valence-electron chi connectivity index (χ3n) is 5.85. The van der Waals surface area contributed by atoms with E-state index in [4.69, 9.17) is 4.74 Å². The monoisotopic (exact) mass is 447 g/mol. The minimum atomic E-state index is -4.70. The summed E-state index contributed by atoms with van der Waals surface area (Å²) >= 11 is 0. The van der Waals surface area contributed by atoms with Crippen molar-refractivity contribution in [1.82, 2.24) is 24.9 Å². The zero-order valence-electron chi connectivity index (χ0n) is 16.5. The highest BCUT2D eigenvalue weighted by atomic mass is 19.4. The molecule has 3 aromatic rings. The highest BCUT2D eigenvalue weighted by Gasteiger charge is 2.49. The standard InChI is InChI=1S/C21H17F4N5O2/c22-15-9-13(21(23,24)25)10-26-19(15)32-18-8-12-7-17(18)29(11-12)20(31)14-3-1-2-4-16(14)30-27-5-6-28-30/h1-6,9-10,12,17-18H,7-8,11H2/t12-,17+,18-/m1/s1. The number of ether oxygens (including phenoxy) is 1. The van der Waals surface area contributed by atoms with E-state index in [1.54, 1.807) is 29.2 Å². The fourth-order valence-electron chi connectivity index (χ4n) is 4.46. The fourth-order valence-corrected chi connectivity index (χ4v) is 4.46. The van der Waals surface area contributed by atoms with Gasteiger partial charge in [0.15, 0.2) is 5.82 Å². The summed E-state index contributed by atoms with van der Waals surface area (Å²) in [7, 11) is 0. The van der Waals surface area contributed by atoms with Gasteiger partial charge in [0.05, 0.1) is 35.2 Å². The predicted octanol–water partition coefficient (Wildman–Crippen LogP) is 3.50. The van der Waals surface area contributed by atoms with E-state index in [-0.39, 0.29) is 17.9 Å². The normalized spacial score (nSPS) is 22.4. The minimum Gasteiger partial charge on any atom is -0.470 e. The van der Waals surface area contributed by atoms with Crippen LogP contribution in [0.15, 0.2) is 48.9 Å². The first-order valence-electron chi connectivity index (χ1n) is 9.97. The van der Waals surface area contributed by atoms with Crippen LogP contribution in [-0.2, 0) is 6.18 Å². The zero-order chi connectivity index (χ0) is 22.5. The lowest BCUT2D eigenvalue weighted by Crippen LogP contribution is -2.47. The summed E-state index contributed by atoms with van der Waals surface area (Å²) < 4.78 is 58.2. The van der Waals surface area contributed by atoms with Crippen molar-refractivity contribution in [2.24, 2.45) is 5.92 Å². The second-order valence-corrected chi connectivity index (χ2v) is 7.86. The summed E-state index contributed by atoms with van der Waals surface area (Å²) in [4.78, 5) is 19.9. The number of pyridine rings is 1. The van der Waals surface area contributed by atoms with Crippen molar-refractivity contribution in [2.45, 2.75) is 31.2 Å². The van der Waals surface area contributed by atoms with Crippen LogP contribution in [0.2, 0.25) is 0 Å². The van der Waals surface area contributed by atoms with Gasteiger partial charge in [-0.3, -0.25) is 4.79 Å². The molecule has 0 unspecified atom stereocenters. The lowest BCUT2D eigenvalue weighted by molar-refractivity contribution is -0.138. The number of amides is 1. The van der Waals surface area contributed by atoms with E-state index in [0.717, 1.165) is 0 Å². The van der Waals surface area contributed by atoms with Crippen LogP contribution in [0.4, 0.5) is 17.6 Å². The topological polar surface area (TPSA) is 73.1 Å². The Morgan fingerprint density at radius 3 is 2.56 bits per heavy atom. The number of para-hydroxylation sites is 1. The van der Waals surface area contributed by atoms with Crippen LogP contribution in [-0.4, -0.2) is 49.5 Å². The molecule has 0 N–H and O–H groups in total. The first-order chi connectivity index (χ1) is 15.3. The Morgan fingerprint density at radius 2 is 1.88 bits per heavy atom. The van der Waals surface area contributed by atoms with Gasteiger partial charge in [0.25, 0.3) is 11.8 Å². The quantitative estimate of drug-likeness (QED) is 0.573. The molecule has 7 nitrogen and oxygen atoms in total. The van der Waals surface area contributed by atoms with Gasteiger partial charge in [-0.2, -0.15) is 28.2 Å². The van der Waals surface area contributed by atoms with Gasteiger partial charge >= 0.3 is 6.18 Å². The van der Waals surface area contributed by atoms with Crippen molar-refractivity contribution >= 4 is 5.91 Å². The van der Waals surface area contributed by atoms with E-state index in [0.29, 0.717) is 42.9 Å². The smallest absolute Gasteiger partial charge is 0.417 e. The Kier molecular flexibility index (Phi) is 4.83. The fraction of sp³-hybridized carbons (Fsp3) is 0.333. The van der Waals surface area contributed by atoms with Gasteiger partial charge in [0, 0.05) is 12.7 Å². The number of piperidine rings is 1. The summed E-state index contributed by atoms with van der Waals surface area (Å²) in [5.74, 6) is -1.76. The second kappa shape index (κ2) is 7.57. The molecule has 5 rings (SSSR count). The molecule has 2 fully saturated rings. The first-order valence-corrected chi connectivity index (χ1v) is 9.97. The molecule has 11 heteroatoms. The summed E-state index contributed by atoms with van der Waals surface area (Å²) in [5, 5.41) is 8.18.